The van der Waals surface area contributed by atoms with E-state index < -0.39 is 0 Å². The van der Waals surface area contributed by atoms with Gasteiger partial charge in [0.05, 0.1) is 6.26 Å². The summed E-state index contributed by atoms with van der Waals surface area (Å²) in [6, 6.07) is 2.16. The molecule has 0 fully saturated rings. The third-order valence-electron chi connectivity index (χ3n) is 2.01. The second-order valence-electron chi connectivity index (χ2n) is 3.08. The maximum absolute atomic E-state index is 5.43. The molecule has 1 atom stereocenters. The van der Waals surface area contributed by atoms with Crippen LogP contribution in [0.1, 0.15) is 30.2 Å². The highest BCUT2D eigenvalue weighted by molar-refractivity contribution is 5.16. The lowest BCUT2D eigenvalue weighted by atomic mass is 10.1. The average molecular weight is 180 g/mol. The lowest BCUT2D eigenvalue weighted by Gasteiger charge is -2.11. The second-order valence-corrected chi connectivity index (χ2v) is 3.08. The fourth-order valence-electron chi connectivity index (χ4n) is 1.28. The number of nitrogens with one attached hydrogen (secondary N) is 1. The van der Waals surface area contributed by atoms with Gasteiger partial charge in [-0.25, -0.2) is 0 Å². The van der Waals surface area contributed by atoms with Crippen molar-refractivity contribution in [3.05, 3.63) is 36.3 Å². The zero-order valence-electron chi connectivity index (χ0n) is 7.92. The van der Waals surface area contributed by atoms with E-state index in [1.807, 2.05) is 19.1 Å². The molecule has 1 heterocycles. The van der Waals surface area contributed by atoms with E-state index in [1.54, 1.807) is 6.26 Å². The van der Waals surface area contributed by atoms with E-state index in [2.05, 4.69) is 12.0 Å². The maximum Gasteiger partial charge on any atom is 0.101 e. The van der Waals surface area contributed by atoms with Crippen LogP contribution in [0.5, 0.6) is 0 Å². The molecule has 0 saturated carbocycles. The van der Waals surface area contributed by atoms with Crippen LogP contribution in [-0.4, -0.2) is 0 Å². The van der Waals surface area contributed by atoms with Crippen LogP contribution in [0, 0.1) is 6.92 Å². The van der Waals surface area contributed by atoms with E-state index in [4.69, 9.17) is 10.3 Å². The Morgan fingerprint density at radius 1 is 1.77 bits per heavy atom. The van der Waals surface area contributed by atoms with Crippen molar-refractivity contribution in [1.29, 1.82) is 0 Å². The van der Waals surface area contributed by atoms with Crippen molar-refractivity contribution in [3.8, 4) is 0 Å². The lowest BCUT2D eigenvalue weighted by Crippen LogP contribution is -2.27. The average Bonchev–Trinajstić information content (AvgIpc) is 2.54. The van der Waals surface area contributed by atoms with Crippen molar-refractivity contribution in [2.45, 2.75) is 25.8 Å². The van der Waals surface area contributed by atoms with Crippen LogP contribution in [0.25, 0.3) is 0 Å². The molecule has 3 heteroatoms. The molecule has 0 aliphatic heterocycles. The molecule has 0 spiro atoms. The van der Waals surface area contributed by atoms with Crippen LogP contribution in [0.15, 0.2) is 29.4 Å². The van der Waals surface area contributed by atoms with Crippen molar-refractivity contribution in [1.82, 2.24) is 5.43 Å². The smallest absolute Gasteiger partial charge is 0.101 e. The van der Waals surface area contributed by atoms with Gasteiger partial charge >= 0.3 is 0 Å². The summed E-state index contributed by atoms with van der Waals surface area (Å²) in [5.41, 5.74) is 3.86. The highest BCUT2D eigenvalue weighted by atomic mass is 16.3. The van der Waals surface area contributed by atoms with Gasteiger partial charge in [0.2, 0.25) is 0 Å². The summed E-state index contributed by atoms with van der Waals surface area (Å²) >= 11 is 0. The first kappa shape index (κ1) is 10.0. The zero-order chi connectivity index (χ0) is 9.68. The van der Waals surface area contributed by atoms with Crippen molar-refractivity contribution in [2.75, 3.05) is 0 Å². The molecule has 3 N–H and O–H groups in total. The van der Waals surface area contributed by atoms with E-state index >= 15 is 0 Å². The number of hydrogen-bond donors (Lipinski definition) is 2. The topological polar surface area (TPSA) is 51.2 Å². The zero-order valence-corrected chi connectivity index (χ0v) is 7.92. The fourth-order valence-corrected chi connectivity index (χ4v) is 1.28. The minimum absolute atomic E-state index is 0.162. The number of aryl methyl sites for hydroxylation is 1. The van der Waals surface area contributed by atoms with Crippen molar-refractivity contribution < 1.29 is 4.42 Å². The summed E-state index contributed by atoms with van der Waals surface area (Å²) in [4.78, 5) is 0. The first-order valence-electron chi connectivity index (χ1n) is 4.40. The number of rotatable bonds is 5. The summed E-state index contributed by atoms with van der Waals surface area (Å²) < 4.78 is 5.21. The summed E-state index contributed by atoms with van der Waals surface area (Å²) in [5, 5.41) is 0. The minimum atomic E-state index is 0.162. The van der Waals surface area contributed by atoms with Gasteiger partial charge in [0.15, 0.2) is 0 Å². The third kappa shape index (κ3) is 2.72. The minimum Gasteiger partial charge on any atom is -0.469 e. The van der Waals surface area contributed by atoms with E-state index in [9.17, 15) is 0 Å². The van der Waals surface area contributed by atoms with Gasteiger partial charge in [0, 0.05) is 11.6 Å². The molecule has 0 aliphatic carbocycles. The van der Waals surface area contributed by atoms with E-state index in [1.165, 1.54) is 0 Å². The van der Waals surface area contributed by atoms with Gasteiger partial charge in [0.1, 0.15) is 5.76 Å². The third-order valence-corrected chi connectivity index (χ3v) is 2.01. The van der Waals surface area contributed by atoms with Gasteiger partial charge in [-0.3, -0.25) is 11.3 Å². The summed E-state index contributed by atoms with van der Waals surface area (Å²) in [6.07, 6.45) is 5.51. The monoisotopic (exact) mass is 180 g/mol. The Balaban J connectivity index is 2.60. The van der Waals surface area contributed by atoms with Gasteiger partial charge in [-0.1, -0.05) is 6.08 Å². The predicted molar refractivity (Wildman–Crippen MR) is 52.9 cm³/mol. The summed E-state index contributed by atoms with van der Waals surface area (Å²) in [6.45, 7) is 5.59. The Morgan fingerprint density at radius 3 is 3.00 bits per heavy atom. The van der Waals surface area contributed by atoms with Crippen LogP contribution in [0.4, 0.5) is 0 Å². The summed E-state index contributed by atoms with van der Waals surface area (Å²) in [5.74, 6) is 6.34. The highest BCUT2D eigenvalue weighted by Gasteiger charge is 2.10. The summed E-state index contributed by atoms with van der Waals surface area (Å²) in [7, 11) is 0. The maximum atomic E-state index is 5.43. The van der Waals surface area contributed by atoms with E-state index in [0.717, 1.165) is 24.2 Å². The first-order chi connectivity index (χ1) is 6.27. The Bertz CT molecular complexity index is 268. The molecule has 3 nitrogen and oxygen atoms in total. The molecule has 1 unspecified atom stereocenters. The van der Waals surface area contributed by atoms with Gasteiger partial charge in [0.25, 0.3) is 0 Å². The lowest BCUT2D eigenvalue weighted by molar-refractivity contribution is 0.498. The molecule has 0 radical (unpaired) electrons. The standard InChI is InChI=1S/C10H16N2O/c1-3-4-5-10(12-11)9-6-8(2)13-7-9/h3,6-7,10,12H,1,4-5,11H2,2H3. The molecule has 72 valence electrons. The van der Waals surface area contributed by atoms with Gasteiger partial charge < -0.3 is 4.42 Å². The molecular formula is C10H16N2O. The van der Waals surface area contributed by atoms with Crippen LogP contribution < -0.4 is 11.3 Å². The largest absolute Gasteiger partial charge is 0.469 e. The molecule has 0 aliphatic rings. The molecule has 0 amide bonds. The van der Waals surface area contributed by atoms with Gasteiger partial charge in [-0.2, -0.15) is 0 Å². The van der Waals surface area contributed by atoms with Gasteiger partial charge in [-0.05, 0) is 25.8 Å². The normalized spacial score (nSPS) is 12.8. The van der Waals surface area contributed by atoms with Crippen LogP contribution >= 0.6 is 0 Å². The first-order valence-corrected chi connectivity index (χ1v) is 4.40. The quantitative estimate of drug-likeness (QED) is 0.414. The molecule has 1 rings (SSSR count). The predicted octanol–water partition coefficient (Wildman–Crippen LogP) is 2.06. The Morgan fingerprint density at radius 2 is 2.54 bits per heavy atom. The number of nitrogens with two attached hydrogens (primary N) is 1. The number of hydrogen-bond acceptors (Lipinski definition) is 3. The van der Waals surface area contributed by atoms with Crippen molar-refractivity contribution in [2.24, 2.45) is 5.84 Å². The molecule has 1 aromatic heterocycles. The molecule has 0 bridgehead atoms. The number of hydrazine groups is 1. The highest BCUT2D eigenvalue weighted by Crippen LogP contribution is 2.19. The fraction of sp³-hybridized carbons (Fsp3) is 0.400. The molecule has 0 saturated heterocycles. The van der Waals surface area contributed by atoms with Crippen LogP contribution in [0.2, 0.25) is 0 Å². The van der Waals surface area contributed by atoms with Crippen LogP contribution in [-0.2, 0) is 0 Å². The Kier molecular flexibility index (Phi) is 3.73. The Hall–Kier alpha value is -1.06. The van der Waals surface area contributed by atoms with Crippen molar-refractivity contribution >= 4 is 0 Å². The molecule has 13 heavy (non-hydrogen) atoms. The second kappa shape index (κ2) is 4.84. The van der Waals surface area contributed by atoms with Crippen molar-refractivity contribution in [3.63, 3.8) is 0 Å². The Labute approximate surface area is 78.6 Å². The van der Waals surface area contributed by atoms with E-state index in [-0.39, 0.29) is 6.04 Å². The molecule has 0 aromatic carbocycles. The number of allylic oxidation sites excluding steroid dienone is 1. The van der Waals surface area contributed by atoms with E-state index in [0.29, 0.717) is 0 Å². The SMILES string of the molecule is C=CCCC(NN)c1coc(C)c1. The van der Waals surface area contributed by atoms with Gasteiger partial charge in [-0.15, -0.1) is 6.58 Å². The molecule has 1 aromatic rings. The van der Waals surface area contributed by atoms with Crippen LogP contribution in [0.3, 0.4) is 0 Å². The molecular weight excluding hydrogens is 164 g/mol. The number of furan rings is 1.